The first-order valence-corrected chi connectivity index (χ1v) is 7.56. The summed E-state index contributed by atoms with van der Waals surface area (Å²) in [6.45, 7) is 9.73. The van der Waals surface area contributed by atoms with Crippen molar-refractivity contribution in [2.45, 2.75) is 52.8 Å². The van der Waals surface area contributed by atoms with Crippen LogP contribution in [-0.4, -0.2) is 39.0 Å². The van der Waals surface area contributed by atoms with Crippen LogP contribution >= 0.6 is 11.6 Å². The third-order valence-electron chi connectivity index (χ3n) is 4.13. The van der Waals surface area contributed by atoms with Gasteiger partial charge in [-0.1, -0.05) is 18.5 Å². The van der Waals surface area contributed by atoms with Gasteiger partial charge in [0, 0.05) is 26.2 Å². The first-order chi connectivity index (χ1) is 9.06. The Morgan fingerprint density at radius 1 is 1.42 bits per heavy atom. The van der Waals surface area contributed by atoms with E-state index in [1.807, 2.05) is 11.6 Å². The average Bonchev–Trinajstić information content (AvgIpc) is 2.68. The Labute approximate surface area is 120 Å². The van der Waals surface area contributed by atoms with Gasteiger partial charge in [0.05, 0.1) is 22.5 Å². The van der Waals surface area contributed by atoms with E-state index in [9.17, 15) is 5.11 Å². The molecule has 2 unspecified atom stereocenters. The van der Waals surface area contributed by atoms with Gasteiger partial charge in [-0.2, -0.15) is 5.10 Å². The van der Waals surface area contributed by atoms with Crippen LogP contribution in [0.4, 0.5) is 0 Å². The zero-order chi connectivity index (χ0) is 14.0. The smallest absolute Gasteiger partial charge is 0.0860 e. The topological polar surface area (TPSA) is 41.3 Å². The molecule has 1 N–H and O–H groups in total. The number of piperidine rings is 1. The van der Waals surface area contributed by atoms with Gasteiger partial charge >= 0.3 is 0 Å². The van der Waals surface area contributed by atoms with E-state index in [0.29, 0.717) is 5.92 Å². The maximum Gasteiger partial charge on any atom is 0.0860 e. The van der Waals surface area contributed by atoms with Gasteiger partial charge in [-0.3, -0.25) is 9.58 Å². The molecule has 2 heterocycles. The zero-order valence-corrected chi connectivity index (χ0v) is 12.8. The van der Waals surface area contributed by atoms with Crippen molar-refractivity contribution in [2.24, 2.45) is 5.92 Å². The molecule has 19 heavy (non-hydrogen) atoms. The van der Waals surface area contributed by atoms with E-state index in [-0.39, 0.29) is 6.10 Å². The number of rotatable bonds is 4. The van der Waals surface area contributed by atoms with Crippen LogP contribution in [0.2, 0.25) is 5.02 Å². The number of aliphatic hydroxyl groups excluding tert-OH is 1. The fraction of sp³-hybridized carbons (Fsp3) is 0.786. The highest BCUT2D eigenvalue weighted by Crippen LogP contribution is 2.25. The highest BCUT2D eigenvalue weighted by molar-refractivity contribution is 6.31. The Bertz CT molecular complexity index is 433. The van der Waals surface area contributed by atoms with Gasteiger partial charge in [-0.15, -0.1) is 0 Å². The molecular weight excluding hydrogens is 262 g/mol. The Morgan fingerprint density at radius 3 is 2.79 bits per heavy atom. The average molecular weight is 286 g/mol. The van der Waals surface area contributed by atoms with Crippen LogP contribution in [0, 0.1) is 12.8 Å². The molecule has 1 aliphatic rings. The molecule has 4 nitrogen and oxygen atoms in total. The molecular formula is C14H24ClN3O. The molecule has 1 aromatic rings. The summed E-state index contributed by atoms with van der Waals surface area (Å²) in [4.78, 5) is 2.38. The standard InChI is InChI=1S/C14H24ClN3O/c1-4-11-8-17(7-6-13(11)19)9-12-14(15)10(3)16-18(12)5-2/h11,13,19H,4-9H2,1-3H3. The van der Waals surface area contributed by atoms with E-state index in [1.165, 1.54) is 0 Å². The number of aliphatic hydroxyl groups is 1. The molecule has 0 aliphatic carbocycles. The first-order valence-electron chi connectivity index (χ1n) is 7.19. The van der Waals surface area contributed by atoms with Crippen LogP contribution in [0.15, 0.2) is 0 Å². The second-order valence-corrected chi connectivity index (χ2v) is 5.80. The van der Waals surface area contributed by atoms with E-state index in [0.717, 1.165) is 55.4 Å². The fourth-order valence-corrected chi connectivity index (χ4v) is 3.07. The number of likely N-dealkylation sites (tertiary alicyclic amines) is 1. The van der Waals surface area contributed by atoms with Crippen molar-refractivity contribution in [2.75, 3.05) is 13.1 Å². The van der Waals surface area contributed by atoms with Crippen LogP contribution in [-0.2, 0) is 13.1 Å². The van der Waals surface area contributed by atoms with Gasteiger partial charge in [-0.25, -0.2) is 0 Å². The number of aryl methyl sites for hydroxylation is 2. The molecule has 2 rings (SSSR count). The molecule has 108 valence electrons. The molecule has 0 spiro atoms. The Kier molecular flexibility index (Phi) is 4.87. The molecule has 0 amide bonds. The second kappa shape index (κ2) is 6.25. The molecule has 1 fully saturated rings. The predicted octanol–water partition coefficient (Wildman–Crippen LogP) is 2.46. The van der Waals surface area contributed by atoms with Crippen molar-refractivity contribution in [3.63, 3.8) is 0 Å². The fourth-order valence-electron chi connectivity index (χ4n) is 2.87. The van der Waals surface area contributed by atoms with Crippen LogP contribution in [0.5, 0.6) is 0 Å². The summed E-state index contributed by atoms with van der Waals surface area (Å²) in [7, 11) is 0. The van der Waals surface area contributed by atoms with E-state index < -0.39 is 0 Å². The highest BCUT2D eigenvalue weighted by Gasteiger charge is 2.27. The van der Waals surface area contributed by atoms with E-state index in [2.05, 4.69) is 23.8 Å². The predicted molar refractivity (Wildman–Crippen MR) is 77.3 cm³/mol. The highest BCUT2D eigenvalue weighted by atomic mass is 35.5. The van der Waals surface area contributed by atoms with E-state index in [4.69, 9.17) is 11.6 Å². The molecule has 1 aromatic heterocycles. The number of hydrogen-bond donors (Lipinski definition) is 1. The van der Waals surface area contributed by atoms with Gasteiger partial charge < -0.3 is 5.11 Å². The number of hydrogen-bond acceptors (Lipinski definition) is 3. The van der Waals surface area contributed by atoms with Crippen molar-refractivity contribution in [1.82, 2.24) is 14.7 Å². The summed E-state index contributed by atoms with van der Waals surface area (Å²) in [5.74, 6) is 0.381. The number of aromatic nitrogens is 2. The molecule has 2 atom stereocenters. The zero-order valence-electron chi connectivity index (χ0n) is 12.1. The number of halogens is 1. The first kappa shape index (κ1) is 14.8. The van der Waals surface area contributed by atoms with Gasteiger partial charge in [0.25, 0.3) is 0 Å². The summed E-state index contributed by atoms with van der Waals surface area (Å²) in [5.41, 5.74) is 2.01. The largest absolute Gasteiger partial charge is 0.393 e. The maximum atomic E-state index is 9.94. The molecule has 0 saturated carbocycles. The van der Waals surface area contributed by atoms with Gasteiger partial charge in [0.2, 0.25) is 0 Å². The van der Waals surface area contributed by atoms with Crippen molar-refractivity contribution in [3.05, 3.63) is 16.4 Å². The minimum atomic E-state index is -0.144. The normalized spacial score (nSPS) is 24.9. The molecule has 0 bridgehead atoms. The van der Waals surface area contributed by atoms with Crippen molar-refractivity contribution in [3.8, 4) is 0 Å². The Balaban J connectivity index is 2.09. The van der Waals surface area contributed by atoms with Crippen molar-refractivity contribution in [1.29, 1.82) is 0 Å². The molecule has 5 heteroatoms. The lowest BCUT2D eigenvalue weighted by molar-refractivity contribution is 0.0213. The molecule has 1 aliphatic heterocycles. The monoisotopic (exact) mass is 285 g/mol. The third-order valence-corrected chi connectivity index (χ3v) is 4.62. The van der Waals surface area contributed by atoms with Crippen LogP contribution in [0.3, 0.4) is 0 Å². The summed E-state index contributed by atoms with van der Waals surface area (Å²) in [6, 6.07) is 0. The lowest BCUT2D eigenvalue weighted by Gasteiger charge is -2.35. The maximum absolute atomic E-state index is 9.94. The third kappa shape index (κ3) is 3.12. The quantitative estimate of drug-likeness (QED) is 0.924. The molecule has 0 aromatic carbocycles. The number of nitrogens with zero attached hydrogens (tertiary/aromatic N) is 3. The van der Waals surface area contributed by atoms with Crippen molar-refractivity contribution < 1.29 is 5.11 Å². The second-order valence-electron chi connectivity index (χ2n) is 5.42. The lowest BCUT2D eigenvalue weighted by atomic mass is 9.92. The van der Waals surface area contributed by atoms with Gasteiger partial charge in [0.1, 0.15) is 0 Å². The van der Waals surface area contributed by atoms with Crippen LogP contribution in [0.1, 0.15) is 38.1 Å². The Hall–Kier alpha value is -0.580. The minimum Gasteiger partial charge on any atom is -0.393 e. The minimum absolute atomic E-state index is 0.144. The lowest BCUT2D eigenvalue weighted by Crippen LogP contribution is -2.42. The summed E-state index contributed by atoms with van der Waals surface area (Å²) in [5, 5.41) is 15.2. The SMILES string of the molecule is CCC1CN(Cc2c(Cl)c(C)nn2CC)CCC1O. The van der Waals surface area contributed by atoms with E-state index >= 15 is 0 Å². The summed E-state index contributed by atoms with van der Waals surface area (Å²) >= 11 is 6.35. The van der Waals surface area contributed by atoms with Crippen LogP contribution < -0.4 is 0 Å². The van der Waals surface area contributed by atoms with Gasteiger partial charge in [-0.05, 0) is 32.6 Å². The Morgan fingerprint density at radius 2 is 2.16 bits per heavy atom. The summed E-state index contributed by atoms with van der Waals surface area (Å²) < 4.78 is 1.99. The van der Waals surface area contributed by atoms with E-state index in [1.54, 1.807) is 0 Å². The van der Waals surface area contributed by atoms with Gasteiger partial charge in [0.15, 0.2) is 0 Å². The molecule has 1 saturated heterocycles. The molecule has 0 radical (unpaired) electrons. The van der Waals surface area contributed by atoms with Crippen LogP contribution in [0.25, 0.3) is 0 Å². The van der Waals surface area contributed by atoms with Crippen molar-refractivity contribution >= 4 is 11.6 Å². The summed E-state index contributed by atoms with van der Waals surface area (Å²) in [6.07, 6.45) is 1.74.